The molecule has 0 aliphatic carbocycles. The Morgan fingerprint density at radius 2 is 1.93 bits per heavy atom. The van der Waals surface area contributed by atoms with Crippen LogP contribution in [0.2, 0.25) is 0 Å². The number of nitrogens with zero attached hydrogens (tertiary/aromatic N) is 2. The minimum atomic E-state index is -0.199. The van der Waals surface area contributed by atoms with E-state index in [4.69, 9.17) is 11.5 Å². The lowest BCUT2D eigenvalue weighted by atomic mass is 10.1. The number of benzene rings is 2. The molecule has 1 atom stereocenters. The lowest BCUT2D eigenvalue weighted by Crippen LogP contribution is -2.26. The van der Waals surface area contributed by atoms with Gasteiger partial charge in [0.05, 0.1) is 17.1 Å². The molecule has 0 saturated carbocycles. The average molecular weight is 373 g/mol. The molecule has 2 heterocycles. The van der Waals surface area contributed by atoms with E-state index >= 15 is 0 Å². The SMILES string of the molecule is Nc1ccc(-c2ccccn2)cc1NC(=O)c1ccc(N2CCC(N)C2)cc1. The third-order valence-corrected chi connectivity index (χ3v) is 4.98. The Balaban J connectivity index is 1.50. The maximum absolute atomic E-state index is 12.7. The highest BCUT2D eigenvalue weighted by Gasteiger charge is 2.19. The van der Waals surface area contributed by atoms with Gasteiger partial charge < -0.3 is 21.7 Å². The maximum atomic E-state index is 12.7. The van der Waals surface area contributed by atoms with Crippen LogP contribution in [0.5, 0.6) is 0 Å². The predicted molar refractivity (Wildman–Crippen MR) is 113 cm³/mol. The maximum Gasteiger partial charge on any atom is 0.255 e. The van der Waals surface area contributed by atoms with Crippen molar-refractivity contribution < 1.29 is 4.79 Å². The van der Waals surface area contributed by atoms with Crippen molar-refractivity contribution in [1.29, 1.82) is 0 Å². The van der Waals surface area contributed by atoms with Crippen LogP contribution in [0.25, 0.3) is 11.3 Å². The van der Waals surface area contributed by atoms with E-state index in [-0.39, 0.29) is 11.9 Å². The second-order valence-corrected chi connectivity index (χ2v) is 7.01. The van der Waals surface area contributed by atoms with Crippen LogP contribution in [0.4, 0.5) is 17.1 Å². The smallest absolute Gasteiger partial charge is 0.255 e. The summed E-state index contributed by atoms with van der Waals surface area (Å²) in [5, 5.41) is 2.91. The molecule has 6 nitrogen and oxygen atoms in total. The van der Waals surface area contributed by atoms with Crippen LogP contribution in [0.3, 0.4) is 0 Å². The lowest BCUT2D eigenvalue weighted by molar-refractivity contribution is 0.102. The Morgan fingerprint density at radius 3 is 2.61 bits per heavy atom. The molecule has 28 heavy (non-hydrogen) atoms. The Kier molecular flexibility index (Phi) is 4.95. The molecule has 1 amide bonds. The van der Waals surface area contributed by atoms with Crippen LogP contribution >= 0.6 is 0 Å². The van der Waals surface area contributed by atoms with E-state index in [9.17, 15) is 4.79 Å². The van der Waals surface area contributed by atoms with Crippen molar-refractivity contribution in [2.24, 2.45) is 5.73 Å². The van der Waals surface area contributed by atoms with Crippen molar-refractivity contribution in [2.75, 3.05) is 29.0 Å². The van der Waals surface area contributed by atoms with Crippen molar-refractivity contribution in [1.82, 2.24) is 4.98 Å². The standard InChI is InChI=1S/C22H23N5O/c23-17-10-12-27(14-17)18-7-4-15(5-8-18)22(28)26-21-13-16(6-9-19(21)24)20-3-1-2-11-25-20/h1-9,11,13,17H,10,12,14,23-24H2,(H,26,28). The Labute approximate surface area is 164 Å². The van der Waals surface area contributed by atoms with E-state index in [1.54, 1.807) is 12.3 Å². The van der Waals surface area contributed by atoms with Crippen LogP contribution in [0.15, 0.2) is 66.9 Å². The molecule has 4 rings (SSSR count). The number of rotatable bonds is 4. The number of carbonyl (C=O) groups is 1. The predicted octanol–water partition coefficient (Wildman–Crippen LogP) is 3.12. The molecule has 6 heteroatoms. The molecule has 1 aliphatic heterocycles. The second-order valence-electron chi connectivity index (χ2n) is 7.01. The van der Waals surface area contributed by atoms with E-state index in [1.807, 2.05) is 54.6 Å². The van der Waals surface area contributed by atoms with E-state index < -0.39 is 0 Å². The molecule has 0 bridgehead atoms. The number of hydrogen-bond donors (Lipinski definition) is 3. The number of amides is 1. The van der Waals surface area contributed by atoms with E-state index in [2.05, 4.69) is 15.2 Å². The van der Waals surface area contributed by atoms with Gasteiger partial charge in [-0.05, 0) is 55.0 Å². The summed E-state index contributed by atoms with van der Waals surface area (Å²) in [6.45, 7) is 1.80. The van der Waals surface area contributed by atoms with Gasteiger partial charge in [-0.1, -0.05) is 12.1 Å². The summed E-state index contributed by atoms with van der Waals surface area (Å²) in [5.41, 5.74) is 16.5. The molecular weight excluding hydrogens is 350 g/mol. The zero-order valence-electron chi connectivity index (χ0n) is 15.5. The third kappa shape index (κ3) is 3.82. The molecule has 1 aromatic heterocycles. The number of aromatic nitrogens is 1. The summed E-state index contributed by atoms with van der Waals surface area (Å²) >= 11 is 0. The van der Waals surface area contributed by atoms with Gasteiger partial charge in [0.25, 0.3) is 5.91 Å². The van der Waals surface area contributed by atoms with Crippen LogP contribution in [0, 0.1) is 0 Å². The monoisotopic (exact) mass is 373 g/mol. The lowest BCUT2D eigenvalue weighted by Gasteiger charge is -2.18. The van der Waals surface area contributed by atoms with E-state index in [0.29, 0.717) is 16.9 Å². The van der Waals surface area contributed by atoms with Gasteiger partial charge in [0.1, 0.15) is 0 Å². The molecule has 0 radical (unpaired) electrons. The fourth-order valence-electron chi connectivity index (χ4n) is 3.40. The molecule has 1 saturated heterocycles. The first kappa shape index (κ1) is 18.0. The first-order valence-electron chi connectivity index (χ1n) is 9.33. The van der Waals surface area contributed by atoms with Gasteiger partial charge in [-0.25, -0.2) is 0 Å². The molecule has 0 spiro atoms. The van der Waals surface area contributed by atoms with Gasteiger partial charge in [0.15, 0.2) is 0 Å². The number of hydrogen-bond acceptors (Lipinski definition) is 5. The van der Waals surface area contributed by atoms with Gasteiger partial charge >= 0.3 is 0 Å². The second kappa shape index (κ2) is 7.70. The van der Waals surface area contributed by atoms with E-state index in [0.717, 1.165) is 36.5 Å². The van der Waals surface area contributed by atoms with Crippen LogP contribution in [0.1, 0.15) is 16.8 Å². The van der Waals surface area contributed by atoms with Crippen molar-refractivity contribution in [3.63, 3.8) is 0 Å². The topological polar surface area (TPSA) is 97.3 Å². The van der Waals surface area contributed by atoms with Crippen molar-refractivity contribution >= 4 is 23.0 Å². The fraction of sp³-hybridized carbons (Fsp3) is 0.182. The van der Waals surface area contributed by atoms with Gasteiger partial charge in [0, 0.05) is 42.1 Å². The van der Waals surface area contributed by atoms with Crippen molar-refractivity contribution in [2.45, 2.75) is 12.5 Å². The Morgan fingerprint density at radius 1 is 1.11 bits per heavy atom. The van der Waals surface area contributed by atoms with Crippen molar-refractivity contribution in [3.8, 4) is 11.3 Å². The number of nitrogen functional groups attached to an aromatic ring is 1. The molecule has 1 aliphatic rings. The molecule has 3 aromatic rings. The first-order chi connectivity index (χ1) is 13.6. The third-order valence-electron chi connectivity index (χ3n) is 4.98. The molecule has 2 aromatic carbocycles. The highest BCUT2D eigenvalue weighted by atomic mass is 16.1. The van der Waals surface area contributed by atoms with Gasteiger partial charge in [-0.15, -0.1) is 0 Å². The summed E-state index contributed by atoms with van der Waals surface area (Å²) in [7, 11) is 0. The molecule has 1 fully saturated rings. The van der Waals surface area contributed by atoms with Gasteiger partial charge in [-0.3, -0.25) is 9.78 Å². The van der Waals surface area contributed by atoms with Crippen LogP contribution in [-0.4, -0.2) is 30.0 Å². The summed E-state index contributed by atoms with van der Waals surface area (Å²) in [6, 6.07) is 19.0. The minimum Gasteiger partial charge on any atom is -0.397 e. The summed E-state index contributed by atoms with van der Waals surface area (Å²) in [4.78, 5) is 19.3. The average Bonchev–Trinajstić information content (AvgIpc) is 3.17. The zero-order valence-corrected chi connectivity index (χ0v) is 15.5. The fourth-order valence-corrected chi connectivity index (χ4v) is 3.40. The summed E-state index contributed by atoms with van der Waals surface area (Å²) in [5.74, 6) is -0.199. The van der Waals surface area contributed by atoms with Gasteiger partial charge in [-0.2, -0.15) is 0 Å². The number of nitrogens with one attached hydrogen (secondary N) is 1. The van der Waals surface area contributed by atoms with Gasteiger partial charge in [0.2, 0.25) is 0 Å². The number of carbonyl (C=O) groups excluding carboxylic acids is 1. The van der Waals surface area contributed by atoms with Crippen molar-refractivity contribution in [3.05, 3.63) is 72.4 Å². The number of nitrogens with two attached hydrogens (primary N) is 2. The molecule has 142 valence electrons. The van der Waals surface area contributed by atoms with Crippen LogP contribution in [-0.2, 0) is 0 Å². The Hall–Kier alpha value is -3.38. The normalized spacial score (nSPS) is 16.2. The highest BCUT2D eigenvalue weighted by molar-refractivity contribution is 6.06. The Bertz CT molecular complexity index is 972. The molecule has 5 N–H and O–H groups in total. The molecular formula is C22H23N5O. The summed E-state index contributed by atoms with van der Waals surface area (Å²) in [6.07, 6.45) is 2.73. The van der Waals surface area contributed by atoms with Crippen LogP contribution < -0.4 is 21.7 Å². The molecule has 1 unspecified atom stereocenters. The zero-order chi connectivity index (χ0) is 19.5. The van der Waals surface area contributed by atoms with E-state index in [1.165, 1.54) is 0 Å². The minimum absolute atomic E-state index is 0.199. The first-order valence-corrected chi connectivity index (χ1v) is 9.33. The highest BCUT2D eigenvalue weighted by Crippen LogP contribution is 2.27. The quantitative estimate of drug-likeness (QED) is 0.611. The summed E-state index contributed by atoms with van der Waals surface area (Å²) < 4.78 is 0. The number of pyridine rings is 1. The largest absolute Gasteiger partial charge is 0.397 e. The number of anilines is 3.